The number of rotatable bonds is 5. The van der Waals surface area contributed by atoms with E-state index in [1.807, 2.05) is 60.7 Å². The van der Waals surface area contributed by atoms with Gasteiger partial charge in [0.15, 0.2) is 5.78 Å². The van der Waals surface area contributed by atoms with Crippen molar-refractivity contribution < 1.29 is 4.79 Å². The summed E-state index contributed by atoms with van der Waals surface area (Å²) < 4.78 is 0. The van der Waals surface area contributed by atoms with Gasteiger partial charge in [0.2, 0.25) is 0 Å². The van der Waals surface area contributed by atoms with Crippen LogP contribution in [0.5, 0.6) is 0 Å². The zero-order valence-corrected chi connectivity index (χ0v) is 11.8. The fourth-order valence-electron chi connectivity index (χ4n) is 1.99. The van der Waals surface area contributed by atoms with Crippen LogP contribution in [0.3, 0.4) is 0 Å². The van der Waals surface area contributed by atoms with Gasteiger partial charge in [-0.25, -0.2) is 0 Å². The summed E-state index contributed by atoms with van der Waals surface area (Å²) in [6.45, 7) is 0. The number of Topliss-reactive ketones (excluding diaryl/α,β-unsaturated/α-hetero) is 1. The lowest BCUT2D eigenvalue weighted by atomic mass is 9.74. The number of benzene rings is 2. The Balaban J connectivity index is 2.17. The van der Waals surface area contributed by atoms with Gasteiger partial charge in [-0.2, -0.15) is 22.9 Å². The van der Waals surface area contributed by atoms with Gasteiger partial charge in [0.25, 0.3) is 0 Å². The molecule has 0 aliphatic heterocycles. The molecule has 2 aromatic rings. The van der Waals surface area contributed by atoms with E-state index in [-0.39, 0.29) is 11.6 Å². The zero-order chi connectivity index (χ0) is 13.7. The van der Waals surface area contributed by atoms with E-state index in [0.717, 1.165) is 5.56 Å². The molecule has 0 saturated carbocycles. The summed E-state index contributed by atoms with van der Waals surface area (Å²) in [5, 5.41) is 0. The molecule has 0 N–H and O–H groups in total. The van der Waals surface area contributed by atoms with Crippen LogP contribution in [-0.4, -0.2) is 11.3 Å². The van der Waals surface area contributed by atoms with E-state index in [1.165, 1.54) is 0 Å². The summed E-state index contributed by atoms with van der Waals surface area (Å²) in [5.74, 6) is -0.127. The quantitative estimate of drug-likeness (QED) is 0.583. The number of carbonyl (C=O) groups excluding carboxylic acids is 1. The van der Waals surface area contributed by atoms with Crippen molar-refractivity contribution in [2.24, 2.45) is 0 Å². The summed E-state index contributed by atoms with van der Waals surface area (Å²) in [7, 11) is 0. The third kappa shape index (κ3) is 3.86. The van der Waals surface area contributed by atoms with E-state index >= 15 is 0 Å². The van der Waals surface area contributed by atoms with Crippen LogP contribution in [0.2, 0.25) is 0 Å². The van der Waals surface area contributed by atoms with Crippen molar-refractivity contribution in [1.82, 2.24) is 0 Å². The van der Waals surface area contributed by atoms with Gasteiger partial charge < -0.3 is 0 Å². The van der Waals surface area contributed by atoms with E-state index in [4.69, 9.17) is 22.9 Å². The average Bonchev–Trinajstić information content (AvgIpc) is 2.46. The molecule has 0 aromatic heterocycles. The molecule has 1 unspecified atom stereocenters. The van der Waals surface area contributed by atoms with Gasteiger partial charge in [-0.1, -0.05) is 60.7 Å². The number of hydrogen-bond donors (Lipinski definition) is 0. The molecule has 0 saturated heterocycles. The molecule has 2 aromatic carbocycles. The smallest absolute Gasteiger partial charge is 0.294 e. The summed E-state index contributed by atoms with van der Waals surface area (Å²) >= 11 is 12.0. The molecular weight excluding hydrogens is 278 g/mol. The third-order valence-corrected chi connectivity index (χ3v) is 3.64. The van der Waals surface area contributed by atoms with Gasteiger partial charge in [0, 0.05) is 17.8 Å². The van der Waals surface area contributed by atoms with E-state index in [0.29, 0.717) is 12.0 Å². The Labute approximate surface area is 123 Å². The van der Waals surface area contributed by atoms with Crippen LogP contribution in [0.15, 0.2) is 60.7 Å². The number of halogens is 2. The van der Waals surface area contributed by atoms with Gasteiger partial charge in [0.05, 0.1) is 0 Å². The largest absolute Gasteiger partial charge is 0.359 e. The highest BCUT2D eigenvalue weighted by Gasteiger charge is 2.26. The molecule has 0 heterocycles. The highest BCUT2D eigenvalue weighted by molar-refractivity contribution is 7.34. The normalized spacial score (nSPS) is 11.9. The fraction of sp³-hybridized carbons (Fsp3) is 0.133. The van der Waals surface area contributed by atoms with Crippen molar-refractivity contribution in [1.29, 1.82) is 0 Å². The van der Waals surface area contributed by atoms with Crippen molar-refractivity contribution in [3.63, 3.8) is 0 Å². The van der Waals surface area contributed by atoms with Crippen molar-refractivity contribution >= 4 is 34.2 Å². The summed E-state index contributed by atoms with van der Waals surface area (Å²) in [6.07, 6.45) is 0.311. The first-order valence-corrected chi connectivity index (χ1v) is 6.97. The second kappa shape index (κ2) is 6.79. The maximum atomic E-state index is 12.2. The molecule has 0 aliphatic carbocycles. The molecule has 1 nitrogen and oxygen atoms in total. The lowest BCUT2D eigenvalue weighted by molar-refractivity contribution is 0.0981. The van der Waals surface area contributed by atoms with Crippen LogP contribution in [0.25, 0.3) is 0 Å². The Morgan fingerprint density at radius 3 is 2.00 bits per heavy atom. The van der Waals surface area contributed by atoms with Crippen molar-refractivity contribution in [2.75, 3.05) is 0 Å². The molecular formula is C15H13BCl2O. The lowest BCUT2D eigenvalue weighted by Gasteiger charge is -2.15. The van der Waals surface area contributed by atoms with Crippen LogP contribution >= 0.6 is 22.9 Å². The van der Waals surface area contributed by atoms with Gasteiger partial charge in [-0.05, 0) is 5.56 Å². The predicted molar refractivity (Wildman–Crippen MR) is 82.0 cm³/mol. The minimum absolute atomic E-state index is 0.0563. The first-order valence-electron chi connectivity index (χ1n) is 6.10. The van der Waals surface area contributed by atoms with Gasteiger partial charge >= 0.3 is 5.54 Å². The van der Waals surface area contributed by atoms with Crippen LogP contribution < -0.4 is 0 Å². The Bertz CT molecular complexity index is 528. The van der Waals surface area contributed by atoms with Crippen LogP contribution in [0.1, 0.15) is 28.2 Å². The highest BCUT2D eigenvalue weighted by Crippen LogP contribution is 2.28. The maximum absolute atomic E-state index is 12.2. The number of ketones is 1. The molecule has 96 valence electrons. The summed E-state index contributed by atoms with van der Waals surface area (Å²) in [6, 6.07) is 18.9. The molecule has 2 rings (SSSR count). The van der Waals surface area contributed by atoms with Crippen LogP contribution in [0.4, 0.5) is 0 Å². The molecule has 0 amide bonds. The van der Waals surface area contributed by atoms with Crippen molar-refractivity contribution in [2.45, 2.75) is 12.2 Å². The summed E-state index contributed by atoms with van der Waals surface area (Å²) in [5.41, 5.74) is 1.08. The number of hydrogen-bond acceptors (Lipinski definition) is 1. The van der Waals surface area contributed by atoms with E-state index in [9.17, 15) is 4.79 Å². The SMILES string of the molecule is O=C(CC(B(Cl)Cl)c1ccccc1)c1ccccc1. The Morgan fingerprint density at radius 2 is 1.47 bits per heavy atom. The first kappa shape index (κ1) is 14.2. The third-order valence-electron chi connectivity index (χ3n) is 3.03. The molecule has 0 fully saturated rings. The van der Waals surface area contributed by atoms with Gasteiger partial charge in [0.1, 0.15) is 0 Å². The fourth-order valence-corrected chi connectivity index (χ4v) is 2.46. The van der Waals surface area contributed by atoms with E-state index < -0.39 is 5.54 Å². The zero-order valence-electron chi connectivity index (χ0n) is 10.3. The van der Waals surface area contributed by atoms with Gasteiger partial charge in [-0.15, -0.1) is 0 Å². The second-order valence-corrected chi connectivity index (χ2v) is 5.51. The predicted octanol–water partition coefficient (Wildman–Crippen LogP) is 4.55. The van der Waals surface area contributed by atoms with Crippen molar-refractivity contribution in [3.8, 4) is 0 Å². The van der Waals surface area contributed by atoms with Crippen LogP contribution in [0, 0.1) is 0 Å². The molecule has 0 radical (unpaired) electrons. The molecule has 0 aliphatic rings. The maximum Gasteiger partial charge on any atom is 0.359 e. The highest BCUT2D eigenvalue weighted by atomic mass is 35.5. The lowest BCUT2D eigenvalue weighted by Crippen LogP contribution is -2.16. The molecule has 0 spiro atoms. The first-order chi connectivity index (χ1) is 9.18. The molecule has 0 bridgehead atoms. The average molecular weight is 291 g/mol. The monoisotopic (exact) mass is 290 g/mol. The minimum atomic E-state index is -0.602. The molecule has 1 atom stereocenters. The summed E-state index contributed by atoms with van der Waals surface area (Å²) in [4.78, 5) is 12.2. The Kier molecular flexibility index (Phi) is 5.06. The van der Waals surface area contributed by atoms with E-state index in [1.54, 1.807) is 0 Å². The molecule has 4 heteroatoms. The Morgan fingerprint density at radius 1 is 0.947 bits per heavy atom. The van der Waals surface area contributed by atoms with Gasteiger partial charge in [-0.3, -0.25) is 4.79 Å². The minimum Gasteiger partial charge on any atom is -0.294 e. The number of carbonyl (C=O) groups is 1. The second-order valence-electron chi connectivity index (χ2n) is 4.34. The Hall–Kier alpha value is -1.25. The van der Waals surface area contributed by atoms with E-state index in [2.05, 4.69) is 0 Å². The van der Waals surface area contributed by atoms with Crippen LogP contribution in [-0.2, 0) is 0 Å². The molecule has 19 heavy (non-hydrogen) atoms. The van der Waals surface area contributed by atoms with Crippen molar-refractivity contribution in [3.05, 3.63) is 71.8 Å². The topological polar surface area (TPSA) is 17.1 Å². The standard InChI is InChI=1S/C15H13BCl2O/c17-16(18)14(12-7-3-1-4-8-12)11-15(19)13-9-5-2-6-10-13/h1-10,14H,11H2.